The maximum absolute atomic E-state index is 11.0. The molecule has 0 radical (unpaired) electrons. The highest BCUT2D eigenvalue weighted by atomic mass is 32.2. The van der Waals surface area contributed by atoms with Crippen molar-refractivity contribution in [2.24, 2.45) is 0 Å². The summed E-state index contributed by atoms with van der Waals surface area (Å²) in [4.78, 5) is 11.0. The predicted molar refractivity (Wildman–Crippen MR) is 66.6 cm³/mol. The number of ether oxygens (including phenoxy) is 1. The topological polar surface area (TPSA) is 72.9 Å². The van der Waals surface area contributed by atoms with Gasteiger partial charge in [-0.15, -0.1) is 0 Å². The van der Waals surface area contributed by atoms with E-state index >= 15 is 0 Å². The van der Waals surface area contributed by atoms with Gasteiger partial charge in [0.05, 0.1) is 12.8 Å². The second-order valence-electron chi connectivity index (χ2n) is 3.55. The first-order valence-corrected chi connectivity index (χ1v) is 6.34. The SMILES string of the molecule is COC(=O)CCc1ccc(N(C)O[SH](=O)=O)cc1. The van der Waals surface area contributed by atoms with Gasteiger partial charge in [-0.1, -0.05) is 12.1 Å². The molecule has 0 aliphatic carbocycles. The lowest BCUT2D eigenvalue weighted by Gasteiger charge is -2.14. The summed E-state index contributed by atoms with van der Waals surface area (Å²) in [5.41, 5.74) is 1.57. The Balaban J connectivity index is 2.59. The Morgan fingerprint density at radius 2 is 1.89 bits per heavy atom. The number of esters is 1. The molecule has 100 valence electrons. The summed E-state index contributed by atoms with van der Waals surface area (Å²) < 4.78 is 29.8. The number of hydroxylamine groups is 1. The Morgan fingerprint density at radius 3 is 2.39 bits per heavy atom. The number of aryl methyl sites for hydroxylation is 1. The third-order valence-corrected chi connectivity index (χ3v) is 2.71. The number of methoxy groups -OCH3 is 1. The summed E-state index contributed by atoms with van der Waals surface area (Å²) in [6.07, 6.45) is 0.891. The number of carbonyl (C=O) groups is 1. The number of nitrogens with zero attached hydrogens (tertiary/aromatic N) is 1. The van der Waals surface area contributed by atoms with Gasteiger partial charge in [-0.25, -0.2) is 13.5 Å². The van der Waals surface area contributed by atoms with Crippen molar-refractivity contribution in [1.82, 2.24) is 0 Å². The molecule has 0 saturated heterocycles. The normalized spacial score (nSPS) is 10.4. The molecular formula is C11H15NO5S. The second kappa shape index (κ2) is 6.97. The maximum atomic E-state index is 11.0. The lowest BCUT2D eigenvalue weighted by Crippen LogP contribution is -2.16. The standard InChI is InChI=1S/C11H15NO5S/c1-12(17-18(14)15)10-6-3-9(4-7-10)5-8-11(13)16-2/h3-4,6-7,18H,5,8H2,1-2H3. The first kappa shape index (κ1) is 14.5. The van der Waals surface area contributed by atoms with E-state index < -0.39 is 11.0 Å². The molecule has 0 bridgehead atoms. The fourth-order valence-corrected chi connectivity index (χ4v) is 1.66. The first-order valence-electron chi connectivity index (χ1n) is 5.25. The van der Waals surface area contributed by atoms with Gasteiger partial charge in [-0.2, -0.15) is 4.28 Å². The Morgan fingerprint density at radius 1 is 1.28 bits per heavy atom. The van der Waals surface area contributed by atoms with E-state index in [4.69, 9.17) is 0 Å². The molecule has 1 aromatic carbocycles. The van der Waals surface area contributed by atoms with Crippen LogP contribution in [0.2, 0.25) is 0 Å². The van der Waals surface area contributed by atoms with Crippen LogP contribution in [0.25, 0.3) is 0 Å². The van der Waals surface area contributed by atoms with E-state index in [9.17, 15) is 13.2 Å². The second-order valence-corrected chi connectivity index (χ2v) is 4.16. The van der Waals surface area contributed by atoms with Gasteiger partial charge in [0, 0.05) is 13.5 Å². The van der Waals surface area contributed by atoms with Crippen molar-refractivity contribution in [2.75, 3.05) is 19.2 Å². The van der Waals surface area contributed by atoms with Crippen LogP contribution in [0, 0.1) is 0 Å². The Bertz CT molecular complexity index is 461. The molecule has 0 N–H and O–H groups in total. The third kappa shape index (κ3) is 4.72. The highest BCUT2D eigenvalue weighted by Gasteiger charge is 2.04. The zero-order chi connectivity index (χ0) is 13.5. The van der Waals surface area contributed by atoms with Crippen LogP contribution in [0.15, 0.2) is 24.3 Å². The molecule has 18 heavy (non-hydrogen) atoms. The predicted octanol–water partition coefficient (Wildman–Crippen LogP) is 0.686. The van der Waals surface area contributed by atoms with Gasteiger partial charge in [0.15, 0.2) is 0 Å². The van der Waals surface area contributed by atoms with Gasteiger partial charge in [0.25, 0.3) is 11.0 Å². The number of benzene rings is 1. The maximum Gasteiger partial charge on any atom is 0.305 e. The van der Waals surface area contributed by atoms with E-state index in [1.54, 1.807) is 24.3 Å². The fraction of sp³-hybridized carbons (Fsp3) is 0.364. The molecule has 0 unspecified atom stereocenters. The van der Waals surface area contributed by atoms with Crippen LogP contribution in [0.3, 0.4) is 0 Å². The van der Waals surface area contributed by atoms with E-state index in [1.165, 1.54) is 14.2 Å². The number of carbonyl (C=O) groups excluding carboxylic acids is 1. The number of hydrogen-bond acceptors (Lipinski definition) is 6. The van der Waals surface area contributed by atoms with Gasteiger partial charge in [-0.05, 0) is 24.1 Å². The Kier molecular flexibility index (Phi) is 5.60. The summed E-state index contributed by atoms with van der Waals surface area (Å²) in [6.45, 7) is 0. The fourth-order valence-electron chi connectivity index (χ4n) is 1.37. The van der Waals surface area contributed by atoms with E-state index in [1.807, 2.05) is 0 Å². The van der Waals surface area contributed by atoms with Gasteiger partial charge in [0.1, 0.15) is 0 Å². The molecule has 0 atom stereocenters. The lowest BCUT2D eigenvalue weighted by atomic mass is 10.1. The smallest absolute Gasteiger partial charge is 0.305 e. The lowest BCUT2D eigenvalue weighted by molar-refractivity contribution is -0.140. The minimum Gasteiger partial charge on any atom is -0.469 e. The van der Waals surface area contributed by atoms with Gasteiger partial charge < -0.3 is 4.74 Å². The van der Waals surface area contributed by atoms with Crippen LogP contribution in [-0.4, -0.2) is 28.5 Å². The highest BCUT2D eigenvalue weighted by molar-refractivity contribution is 7.67. The molecule has 0 aliphatic heterocycles. The van der Waals surface area contributed by atoms with Gasteiger partial charge in [0.2, 0.25) is 0 Å². The van der Waals surface area contributed by atoms with Crippen molar-refractivity contribution in [2.45, 2.75) is 12.8 Å². The van der Waals surface area contributed by atoms with Crippen LogP contribution in [-0.2, 0) is 31.2 Å². The van der Waals surface area contributed by atoms with Gasteiger partial charge in [-0.3, -0.25) is 4.79 Å². The zero-order valence-electron chi connectivity index (χ0n) is 10.2. The van der Waals surface area contributed by atoms with Crippen LogP contribution >= 0.6 is 0 Å². The van der Waals surface area contributed by atoms with Gasteiger partial charge >= 0.3 is 5.97 Å². The Labute approximate surface area is 107 Å². The molecule has 0 amide bonds. The van der Waals surface area contributed by atoms with Crippen molar-refractivity contribution in [1.29, 1.82) is 0 Å². The quantitative estimate of drug-likeness (QED) is 0.467. The number of thiol groups is 1. The molecular weight excluding hydrogens is 258 g/mol. The van der Waals surface area contributed by atoms with E-state index in [0.29, 0.717) is 18.5 Å². The highest BCUT2D eigenvalue weighted by Crippen LogP contribution is 2.15. The van der Waals surface area contributed by atoms with Crippen molar-refractivity contribution in [3.05, 3.63) is 29.8 Å². The molecule has 1 aromatic rings. The molecule has 0 aromatic heterocycles. The molecule has 0 fully saturated rings. The molecule has 0 heterocycles. The van der Waals surface area contributed by atoms with E-state index in [2.05, 4.69) is 9.02 Å². The first-order chi connectivity index (χ1) is 8.52. The molecule has 7 heteroatoms. The van der Waals surface area contributed by atoms with Crippen LogP contribution in [0.4, 0.5) is 5.69 Å². The summed E-state index contributed by atoms with van der Waals surface area (Å²) in [5, 5.41) is 1.15. The summed E-state index contributed by atoms with van der Waals surface area (Å²) >= 11 is 0. The average Bonchev–Trinajstić information content (AvgIpc) is 2.35. The summed E-state index contributed by atoms with van der Waals surface area (Å²) in [5.74, 6) is -0.261. The van der Waals surface area contributed by atoms with E-state index in [0.717, 1.165) is 10.6 Å². The minimum absolute atomic E-state index is 0.261. The Hall–Kier alpha value is -1.60. The summed E-state index contributed by atoms with van der Waals surface area (Å²) in [6, 6.07) is 7.03. The zero-order valence-corrected chi connectivity index (χ0v) is 11.1. The van der Waals surface area contributed by atoms with Crippen molar-refractivity contribution >= 4 is 22.6 Å². The largest absolute Gasteiger partial charge is 0.469 e. The third-order valence-electron chi connectivity index (χ3n) is 2.33. The number of rotatable bonds is 6. The molecule has 1 rings (SSSR count). The summed E-state index contributed by atoms with van der Waals surface area (Å²) in [7, 11) is -0.0804. The van der Waals surface area contributed by atoms with Crippen molar-refractivity contribution < 1.29 is 22.2 Å². The van der Waals surface area contributed by atoms with Crippen molar-refractivity contribution in [3.63, 3.8) is 0 Å². The van der Waals surface area contributed by atoms with Crippen LogP contribution in [0.5, 0.6) is 0 Å². The minimum atomic E-state index is -2.92. The molecule has 0 spiro atoms. The van der Waals surface area contributed by atoms with Crippen LogP contribution in [0.1, 0.15) is 12.0 Å². The molecule has 0 saturated carbocycles. The molecule has 6 nitrogen and oxygen atoms in total. The number of hydrogen-bond donors (Lipinski definition) is 1. The monoisotopic (exact) mass is 273 g/mol. The van der Waals surface area contributed by atoms with E-state index in [-0.39, 0.29) is 5.97 Å². The average molecular weight is 273 g/mol. The molecule has 0 aliphatic rings. The van der Waals surface area contributed by atoms with Crippen LogP contribution < -0.4 is 5.06 Å². The number of anilines is 1. The van der Waals surface area contributed by atoms with Crippen molar-refractivity contribution in [3.8, 4) is 0 Å².